The number of nitrogens with one attached hydrogen (secondary N) is 1. The van der Waals surface area contributed by atoms with Crippen LogP contribution in [0.5, 0.6) is 0 Å². The van der Waals surface area contributed by atoms with Crippen molar-refractivity contribution in [2.45, 2.75) is 64.3 Å². The molecule has 0 aromatic heterocycles. The van der Waals surface area contributed by atoms with Gasteiger partial charge in [0.05, 0.1) is 0 Å². The first-order valence-corrected chi connectivity index (χ1v) is 7.98. The summed E-state index contributed by atoms with van der Waals surface area (Å²) in [5.41, 5.74) is 3.75. The third-order valence-electron chi connectivity index (χ3n) is 5.08. The summed E-state index contributed by atoms with van der Waals surface area (Å²) in [5, 5.41) is 3.67. The van der Waals surface area contributed by atoms with Gasteiger partial charge in [0.15, 0.2) is 0 Å². The summed E-state index contributed by atoms with van der Waals surface area (Å²) in [5.74, 6) is 0.780. The van der Waals surface area contributed by atoms with E-state index in [-0.39, 0.29) is 0 Å². The second kappa shape index (κ2) is 5.28. The molecule has 2 atom stereocenters. The second-order valence-corrected chi connectivity index (χ2v) is 7.24. The Morgan fingerprint density at radius 1 is 1.05 bits per heavy atom. The highest BCUT2D eigenvalue weighted by Gasteiger charge is 2.31. The average Bonchev–Trinajstić information content (AvgIpc) is 2.91. The van der Waals surface area contributed by atoms with Crippen molar-refractivity contribution in [3.05, 3.63) is 35.4 Å². The van der Waals surface area contributed by atoms with E-state index in [4.69, 9.17) is 0 Å². The van der Waals surface area contributed by atoms with Crippen LogP contribution in [0.3, 0.4) is 0 Å². The summed E-state index contributed by atoms with van der Waals surface area (Å²) in [7, 11) is 0. The molecule has 1 heteroatoms. The highest BCUT2D eigenvalue weighted by molar-refractivity contribution is 5.34. The molecule has 19 heavy (non-hydrogen) atoms. The van der Waals surface area contributed by atoms with Gasteiger partial charge in [-0.05, 0) is 61.1 Å². The molecule has 1 aliphatic heterocycles. The van der Waals surface area contributed by atoms with E-state index in [2.05, 4.69) is 43.4 Å². The van der Waals surface area contributed by atoms with Crippen LogP contribution < -0.4 is 5.32 Å². The van der Waals surface area contributed by atoms with E-state index in [9.17, 15) is 0 Å². The van der Waals surface area contributed by atoms with E-state index in [0.717, 1.165) is 5.92 Å². The van der Waals surface area contributed by atoms with Gasteiger partial charge in [0, 0.05) is 6.04 Å². The van der Waals surface area contributed by atoms with Crippen LogP contribution in [-0.2, 0) is 0 Å². The lowest BCUT2D eigenvalue weighted by Crippen LogP contribution is -2.23. The van der Waals surface area contributed by atoms with Crippen molar-refractivity contribution in [3.8, 4) is 0 Å². The molecule has 0 bridgehead atoms. The van der Waals surface area contributed by atoms with Crippen LogP contribution >= 0.6 is 0 Å². The molecule has 0 spiro atoms. The minimum absolute atomic E-state index is 0.527. The van der Waals surface area contributed by atoms with Crippen LogP contribution in [0.15, 0.2) is 24.3 Å². The van der Waals surface area contributed by atoms with Gasteiger partial charge in [-0.3, -0.25) is 0 Å². The lowest BCUT2D eigenvalue weighted by Gasteiger charge is -2.36. The highest BCUT2D eigenvalue weighted by atomic mass is 14.9. The van der Waals surface area contributed by atoms with Gasteiger partial charge in [0.25, 0.3) is 0 Å². The molecule has 3 rings (SSSR count). The van der Waals surface area contributed by atoms with Gasteiger partial charge in [-0.15, -0.1) is 0 Å². The molecule has 104 valence electrons. The third kappa shape index (κ3) is 2.86. The highest BCUT2D eigenvalue weighted by Crippen LogP contribution is 2.45. The number of hydrogen-bond donors (Lipinski definition) is 1. The van der Waals surface area contributed by atoms with Crippen molar-refractivity contribution in [2.24, 2.45) is 5.41 Å². The smallest absolute Gasteiger partial charge is 0.0323 e. The summed E-state index contributed by atoms with van der Waals surface area (Å²) in [6.07, 6.45) is 8.17. The molecule has 0 radical (unpaired) electrons. The fraction of sp³-hybridized carbons (Fsp3) is 0.667. The Labute approximate surface area is 117 Å². The van der Waals surface area contributed by atoms with Crippen LogP contribution in [0.1, 0.15) is 75.5 Å². The Kier molecular flexibility index (Phi) is 3.66. The van der Waals surface area contributed by atoms with E-state index < -0.39 is 0 Å². The zero-order chi connectivity index (χ0) is 13.3. The molecule has 1 nitrogen and oxygen atoms in total. The van der Waals surface area contributed by atoms with Crippen LogP contribution in [-0.4, -0.2) is 6.54 Å². The van der Waals surface area contributed by atoms with Gasteiger partial charge in [0.1, 0.15) is 0 Å². The van der Waals surface area contributed by atoms with Crippen molar-refractivity contribution < 1.29 is 0 Å². The Hall–Kier alpha value is -0.820. The van der Waals surface area contributed by atoms with E-state index in [1.54, 1.807) is 11.1 Å². The molecule has 2 unspecified atom stereocenters. The second-order valence-electron chi connectivity index (χ2n) is 7.24. The SMILES string of the molecule is CC1(C)CCCC(c2ccccc2C2CCCN2)C1. The van der Waals surface area contributed by atoms with Crippen molar-refractivity contribution in [2.75, 3.05) is 6.54 Å². The van der Waals surface area contributed by atoms with Crippen molar-refractivity contribution in [3.63, 3.8) is 0 Å². The van der Waals surface area contributed by atoms with Crippen molar-refractivity contribution in [1.82, 2.24) is 5.32 Å². The topological polar surface area (TPSA) is 12.0 Å². The maximum atomic E-state index is 3.67. The van der Waals surface area contributed by atoms with Crippen molar-refractivity contribution in [1.29, 1.82) is 0 Å². The summed E-state index contributed by atoms with van der Waals surface area (Å²) in [6.45, 7) is 6.07. The predicted octanol–water partition coefficient (Wildman–Crippen LogP) is 4.79. The summed E-state index contributed by atoms with van der Waals surface area (Å²) >= 11 is 0. The Bertz CT molecular complexity index is 429. The van der Waals surface area contributed by atoms with Crippen LogP contribution in [0.2, 0.25) is 0 Å². The van der Waals surface area contributed by atoms with Gasteiger partial charge in [0.2, 0.25) is 0 Å². The first kappa shape index (κ1) is 13.2. The summed E-state index contributed by atoms with van der Waals surface area (Å²) in [4.78, 5) is 0. The van der Waals surface area contributed by atoms with E-state index in [0.29, 0.717) is 11.5 Å². The fourth-order valence-electron chi connectivity index (χ4n) is 4.11. The molecule has 1 N–H and O–H groups in total. The zero-order valence-corrected chi connectivity index (χ0v) is 12.4. The normalized spacial score (nSPS) is 30.4. The van der Waals surface area contributed by atoms with Crippen LogP contribution in [0.25, 0.3) is 0 Å². The Morgan fingerprint density at radius 2 is 1.84 bits per heavy atom. The molecule has 1 saturated heterocycles. The summed E-state index contributed by atoms with van der Waals surface area (Å²) < 4.78 is 0. The molecule has 1 saturated carbocycles. The fourth-order valence-corrected chi connectivity index (χ4v) is 4.11. The molecule has 1 aliphatic carbocycles. The van der Waals surface area contributed by atoms with Gasteiger partial charge in [-0.2, -0.15) is 0 Å². The Morgan fingerprint density at radius 3 is 2.53 bits per heavy atom. The maximum Gasteiger partial charge on any atom is 0.0323 e. The van der Waals surface area contributed by atoms with E-state index in [1.807, 2.05) is 0 Å². The molecule has 1 heterocycles. The Balaban J connectivity index is 1.87. The predicted molar refractivity (Wildman–Crippen MR) is 81.4 cm³/mol. The number of hydrogen-bond acceptors (Lipinski definition) is 1. The standard InChI is InChI=1S/C18H27N/c1-18(2)11-5-7-14(13-18)15-8-3-4-9-16(15)17-10-6-12-19-17/h3-4,8-9,14,17,19H,5-7,10-13H2,1-2H3. The van der Waals surface area contributed by atoms with E-state index >= 15 is 0 Å². The zero-order valence-electron chi connectivity index (χ0n) is 12.4. The minimum Gasteiger partial charge on any atom is -0.310 e. The third-order valence-corrected chi connectivity index (χ3v) is 5.08. The first-order valence-electron chi connectivity index (χ1n) is 7.98. The lowest BCUT2D eigenvalue weighted by atomic mass is 9.69. The first-order chi connectivity index (χ1) is 9.16. The average molecular weight is 257 g/mol. The lowest BCUT2D eigenvalue weighted by molar-refractivity contribution is 0.218. The maximum absolute atomic E-state index is 3.67. The van der Waals surface area contributed by atoms with Gasteiger partial charge in [-0.1, -0.05) is 44.5 Å². The monoisotopic (exact) mass is 257 g/mol. The van der Waals surface area contributed by atoms with Crippen molar-refractivity contribution >= 4 is 0 Å². The molecule has 1 aromatic carbocycles. The van der Waals surface area contributed by atoms with Crippen LogP contribution in [0, 0.1) is 5.41 Å². The molecular weight excluding hydrogens is 230 g/mol. The van der Waals surface area contributed by atoms with Gasteiger partial charge < -0.3 is 5.32 Å². The molecule has 0 amide bonds. The van der Waals surface area contributed by atoms with Gasteiger partial charge >= 0.3 is 0 Å². The van der Waals surface area contributed by atoms with E-state index in [1.165, 1.54) is 45.1 Å². The minimum atomic E-state index is 0.527. The molecule has 2 fully saturated rings. The van der Waals surface area contributed by atoms with Crippen LogP contribution in [0.4, 0.5) is 0 Å². The number of rotatable bonds is 2. The molecule has 1 aromatic rings. The summed E-state index contributed by atoms with van der Waals surface area (Å²) in [6, 6.07) is 9.81. The van der Waals surface area contributed by atoms with Gasteiger partial charge in [-0.25, -0.2) is 0 Å². The molecule has 2 aliphatic rings. The molecular formula is C18H27N. The number of benzene rings is 1. The largest absolute Gasteiger partial charge is 0.310 e. The quantitative estimate of drug-likeness (QED) is 0.803.